The zero-order chi connectivity index (χ0) is 10.3. The van der Waals surface area contributed by atoms with Crippen molar-refractivity contribution in [2.24, 2.45) is 5.73 Å². The van der Waals surface area contributed by atoms with E-state index in [0.29, 0.717) is 13.0 Å². The van der Waals surface area contributed by atoms with Gasteiger partial charge in [0.2, 0.25) is 5.91 Å². The van der Waals surface area contributed by atoms with E-state index >= 15 is 0 Å². The summed E-state index contributed by atoms with van der Waals surface area (Å²) in [6.07, 6.45) is 1.55. The highest BCUT2D eigenvalue weighted by molar-refractivity contribution is 5.84. The maximum atomic E-state index is 11.1. The number of likely N-dealkylation sites (N-methyl/N-ethyl adjacent to an activating group) is 1. The highest BCUT2D eigenvalue weighted by Gasteiger charge is 2.28. The van der Waals surface area contributed by atoms with E-state index in [0.717, 1.165) is 13.0 Å². The summed E-state index contributed by atoms with van der Waals surface area (Å²) in [6, 6.07) is 0. The number of methoxy groups -OCH3 is 1. The lowest BCUT2D eigenvalue weighted by Crippen LogP contribution is -2.53. The summed E-state index contributed by atoms with van der Waals surface area (Å²) < 4.78 is 4.92. The van der Waals surface area contributed by atoms with Crippen LogP contribution < -0.4 is 11.1 Å². The third-order valence-electron chi connectivity index (χ3n) is 2.14. The van der Waals surface area contributed by atoms with E-state index in [9.17, 15) is 4.79 Å². The first-order valence-corrected chi connectivity index (χ1v) is 4.60. The van der Waals surface area contributed by atoms with Gasteiger partial charge in [-0.3, -0.25) is 4.79 Å². The first-order chi connectivity index (χ1) is 6.06. The Labute approximate surface area is 79.8 Å². The molecule has 0 bridgehead atoms. The topological polar surface area (TPSA) is 64.3 Å². The average Bonchev–Trinajstić information content (AvgIpc) is 2.05. The number of hydrogen-bond acceptors (Lipinski definition) is 3. The van der Waals surface area contributed by atoms with Crippen molar-refractivity contribution >= 4 is 5.91 Å². The van der Waals surface area contributed by atoms with Gasteiger partial charge in [0.15, 0.2) is 0 Å². The maximum absolute atomic E-state index is 11.1. The Morgan fingerprint density at radius 3 is 2.62 bits per heavy atom. The Hall–Kier alpha value is -0.610. The molecule has 0 radical (unpaired) electrons. The highest BCUT2D eigenvalue weighted by atomic mass is 16.5. The minimum atomic E-state index is -0.590. The lowest BCUT2D eigenvalue weighted by Gasteiger charge is -2.26. The molecule has 0 aromatic rings. The van der Waals surface area contributed by atoms with Crippen LogP contribution in [0.15, 0.2) is 0 Å². The molecule has 0 saturated heterocycles. The van der Waals surface area contributed by atoms with Gasteiger partial charge in [0.1, 0.15) is 0 Å². The summed E-state index contributed by atoms with van der Waals surface area (Å²) in [7, 11) is 1.65. The van der Waals surface area contributed by atoms with Crippen LogP contribution in [0.4, 0.5) is 0 Å². The molecule has 0 aliphatic rings. The summed E-state index contributed by atoms with van der Waals surface area (Å²) in [6.45, 7) is 5.19. The number of nitrogens with one attached hydrogen (secondary N) is 1. The zero-order valence-corrected chi connectivity index (χ0v) is 8.72. The van der Waals surface area contributed by atoms with Crippen molar-refractivity contribution in [1.82, 2.24) is 5.32 Å². The summed E-state index contributed by atoms with van der Waals surface area (Å²) in [4.78, 5) is 11.1. The van der Waals surface area contributed by atoms with Crippen LogP contribution in [0.2, 0.25) is 0 Å². The van der Waals surface area contributed by atoms with Gasteiger partial charge in [0, 0.05) is 13.7 Å². The molecule has 0 heterocycles. The number of rotatable bonds is 7. The predicted octanol–water partition coefficient (Wildman–Crippen LogP) is 0.267. The molecule has 0 aromatic carbocycles. The Bertz CT molecular complexity index is 162. The van der Waals surface area contributed by atoms with Gasteiger partial charge in [-0.1, -0.05) is 6.92 Å². The number of nitrogens with two attached hydrogens (primary N) is 1. The second-order valence-electron chi connectivity index (χ2n) is 3.32. The fourth-order valence-electron chi connectivity index (χ4n) is 1.26. The quantitative estimate of drug-likeness (QED) is 0.563. The summed E-state index contributed by atoms with van der Waals surface area (Å²) in [5.41, 5.74) is 4.71. The molecule has 0 aliphatic carbocycles. The molecule has 4 heteroatoms. The van der Waals surface area contributed by atoms with E-state index in [1.54, 1.807) is 7.11 Å². The van der Waals surface area contributed by atoms with E-state index in [1.165, 1.54) is 0 Å². The Kier molecular flexibility index (Phi) is 5.66. The van der Waals surface area contributed by atoms with Crippen molar-refractivity contribution in [3.8, 4) is 0 Å². The molecule has 13 heavy (non-hydrogen) atoms. The maximum Gasteiger partial charge on any atom is 0.237 e. The molecule has 0 rings (SSSR count). The third-order valence-corrected chi connectivity index (χ3v) is 2.14. The van der Waals surface area contributed by atoms with E-state index in [-0.39, 0.29) is 5.91 Å². The van der Waals surface area contributed by atoms with Gasteiger partial charge >= 0.3 is 0 Å². The van der Waals surface area contributed by atoms with Gasteiger partial charge in [-0.25, -0.2) is 0 Å². The normalized spacial score (nSPS) is 15.3. The average molecular weight is 188 g/mol. The van der Waals surface area contributed by atoms with Gasteiger partial charge in [0.05, 0.1) is 5.54 Å². The van der Waals surface area contributed by atoms with Crippen LogP contribution in [0.5, 0.6) is 0 Å². The summed E-state index contributed by atoms with van der Waals surface area (Å²) in [5, 5.41) is 3.09. The molecule has 0 aliphatic heterocycles. The summed E-state index contributed by atoms with van der Waals surface area (Å²) >= 11 is 0. The molecule has 3 N–H and O–H groups in total. The van der Waals surface area contributed by atoms with Crippen molar-refractivity contribution in [2.45, 2.75) is 32.2 Å². The molecule has 1 amide bonds. The Morgan fingerprint density at radius 1 is 1.62 bits per heavy atom. The minimum absolute atomic E-state index is 0.301. The fraction of sp³-hybridized carbons (Fsp3) is 0.889. The van der Waals surface area contributed by atoms with E-state index in [2.05, 4.69) is 5.32 Å². The van der Waals surface area contributed by atoms with E-state index in [1.807, 2.05) is 13.8 Å². The smallest absolute Gasteiger partial charge is 0.237 e. The highest BCUT2D eigenvalue weighted by Crippen LogP contribution is 2.11. The molecular weight excluding hydrogens is 168 g/mol. The third kappa shape index (κ3) is 4.24. The van der Waals surface area contributed by atoms with Gasteiger partial charge in [0.25, 0.3) is 0 Å². The first-order valence-electron chi connectivity index (χ1n) is 4.60. The van der Waals surface area contributed by atoms with Crippen LogP contribution in [0.3, 0.4) is 0 Å². The monoisotopic (exact) mass is 188 g/mol. The number of primary amides is 1. The second-order valence-corrected chi connectivity index (χ2v) is 3.32. The van der Waals surface area contributed by atoms with Gasteiger partial charge in [-0.2, -0.15) is 0 Å². The number of ether oxygens (including phenoxy) is 1. The van der Waals surface area contributed by atoms with E-state index in [4.69, 9.17) is 10.5 Å². The van der Waals surface area contributed by atoms with Crippen molar-refractivity contribution < 1.29 is 9.53 Å². The Balaban J connectivity index is 4.00. The molecule has 1 unspecified atom stereocenters. The van der Waals surface area contributed by atoms with Gasteiger partial charge < -0.3 is 15.8 Å². The van der Waals surface area contributed by atoms with Crippen molar-refractivity contribution in [2.75, 3.05) is 20.3 Å². The zero-order valence-electron chi connectivity index (χ0n) is 8.72. The molecule has 1 atom stereocenters. The number of amides is 1. The predicted molar refractivity (Wildman–Crippen MR) is 52.4 cm³/mol. The van der Waals surface area contributed by atoms with E-state index < -0.39 is 5.54 Å². The van der Waals surface area contributed by atoms with Gasteiger partial charge in [-0.05, 0) is 26.3 Å². The number of hydrogen-bond donors (Lipinski definition) is 2. The summed E-state index contributed by atoms with van der Waals surface area (Å²) in [5.74, 6) is -0.301. The standard InChI is InChI=1S/C9H20N2O2/c1-4-11-9(2,8(10)12)6-5-7-13-3/h11H,4-7H2,1-3H3,(H2,10,12). The molecular formula is C9H20N2O2. The molecule has 0 aromatic heterocycles. The largest absolute Gasteiger partial charge is 0.385 e. The molecule has 0 spiro atoms. The van der Waals surface area contributed by atoms with Crippen molar-refractivity contribution in [3.05, 3.63) is 0 Å². The van der Waals surface area contributed by atoms with Crippen LogP contribution in [0.25, 0.3) is 0 Å². The molecule has 0 fully saturated rings. The van der Waals surface area contributed by atoms with Crippen LogP contribution in [-0.2, 0) is 9.53 Å². The lowest BCUT2D eigenvalue weighted by atomic mass is 9.95. The lowest BCUT2D eigenvalue weighted by molar-refractivity contribution is -0.124. The van der Waals surface area contributed by atoms with Crippen LogP contribution >= 0.6 is 0 Å². The van der Waals surface area contributed by atoms with Crippen LogP contribution in [-0.4, -0.2) is 31.7 Å². The molecule has 78 valence electrons. The number of carbonyl (C=O) groups excluding carboxylic acids is 1. The number of carbonyl (C=O) groups is 1. The van der Waals surface area contributed by atoms with Gasteiger partial charge in [-0.15, -0.1) is 0 Å². The SMILES string of the molecule is CCNC(C)(CCCOC)C(N)=O. The minimum Gasteiger partial charge on any atom is -0.385 e. The van der Waals surface area contributed by atoms with Crippen molar-refractivity contribution in [1.29, 1.82) is 0 Å². The second kappa shape index (κ2) is 5.94. The Morgan fingerprint density at radius 2 is 2.23 bits per heavy atom. The molecule has 0 saturated carbocycles. The van der Waals surface area contributed by atoms with Crippen LogP contribution in [0, 0.1) is 0 Å². The van der Waals surface area contributed by atoms with Crippen LogP contribution in [0.1, 0.15) is 26.7 Å². The molecule has 4 nitrogen and oxygen atoms in total. The van der Waals surface area contributed by atoms with Crippen molar-refractivity contribution in [3.63, 3.8) is 0 Å². The fourth-order valence-corrected chi connectivity index (χ4v) is 1.26. The first kappa shape index (κ1) is 12.4.